The van der Waals surface area contributed by atoms with E-state index in [0.29, 0.717) is 13.1 Å². The van der Waals surface area contributed by atoms with Crippen LogP contribution in [0.5, 0.6) is 0 Å². The number of hydrogen-bond donors (Lipinski definition) is 2. The van der Waals surface area contributed by atoms with Crippen LogP contribution in [0.15, 0.2) is 35.1 Å². The van der Waals surface area contributed by atoms with Crippen LogP contribution >= 0.6 is 0 Å². The van der Waals surface area contributed by atoms with Crippen LogP contribution in [0.4, 0.5) is 0 Å². The van der Waals surface area contributed by atoms with E-state index in [1.807, 2.05) is 62.8 Å². The first-order valence-electron chi connectivity index (χ1n) is 8.55. The van der Waals surface area contributed by atoms with Crippen LogP contribution in [-0.2, 0) is 13.6 Å². The molecule has 1 aromatic carbocycles. The number of nitrogens with zero attached hydrogens (tertiary/aromatic N) is 2. The number of para-hydroxylation sites is 1. The Morgan fingerprint density at radius 2 is 1.92 bits per heavy atom. The van der Waals surface area contributed by atoms with Gasteiger partial charge in [0.1, 0.15) is 0 Å². The van der Waals surface area contributed by atoms with E-state index in [9.17, 15) is 9.90 Å². The average molecular weight is 331 g/mol. The highest BCUT2D eigenvalue weighted by Crippen LogP contribution is 2.19. The van der Waals surface area contributed by atoms with E-state index < -0.39 is 5.60 Å². The second-order valence-corrected chi connectivity index (χ2v) is 6.81. The smallest absolute Gasteiger partial charge is 0.276 e. The molecule has 0 aliphatic heterocycles. The molecule has 24 heavy (non-hydrogen) atoms. The highest BCUT2D eigenvalue weighted by atomic mass is 16.3. The van der Waals surface area contributed by atoms with Crippen molar-refractivity contribution in [3.8, 4) is 5.69 Å². The number of hydrogen-bond acceptors (Lipinski definition) is 3. The van der Waals surface area contributed by atoms with Crippen molar-refractivity contribution >= 4 is 0 Å². The fraction of sp³-hybridized carbons (Fsp3) is 0.526. The summed E-state index contributed by atoms with van der Waals surface area (Å²) in [4.78, 5) is 12.8. The summed E-state index contributed by atoms with van der Waals surface area (Å²) in [6.45, 7) is 8.81. The summed E-state index contributed by atoms with van der Waals surface area (Å²) in [7, 11) is 1.89. The number of aromatic nitrogens is 2. The normalized spacial score (nSPS) is 15.2. The van der Waals surface area contributed by atoms with Crippen LogP contribution in [0.2, 0.25) is 0 Å². The number of nitrogens with one attached hydrogen (secondary N) is 1. The number of rotatable bonds is 7. The second-order valence-electron chi connectivity index (χ2n) is 6.81. The summed E-state index contributed by atoms with van der Waals surface area (Å²) < 4.78 is 3.56. The molecule has 2 aromatic rings. The Labute approximate surface area is 143 Å². The van der Waals surface area contributed by atoms with Gasteiger partial charge in [-0.3, -0.25) is 9.48 Å². The van der Waals surface area contributed by atoms with Crippen LogP contribution in [0.25, 0.3) is 5.69 Å². The fourth-order valence-corrected chi connectivity index (χ4v) is 2.88. The predicted molar refractivity (Wildman–Crippen MR) is 97.5 cm³/mol. The van der Waals surface area contributed by atoms with E-state index in [0.717, 1.165) is 23.4 Å². The average Bonchev–Trinajstić information content (AvgIpc) is 2.78. The number of benzene rings is 1. The SMILES string of the molecule is CCC(C)C(C)(O)CNCc1c(C)n(C)n(-c2ccccc2)c1=O. The van der Waals surface area contributed by atoms with E-state index in [1.54, 1.807) is 4.68 Å². The van der Waals surface area contributed by atoms with Crippen LogP contribution in [0, 0.1) is 12.8 Å². The third-order valence-corrected chi connectivity index (χ3v) is 5.13. The van der Waals surface area contributed by atoms with Gasteiger partial charge in [-0.25, -0.2) is 4.68 Å². The third-order valence-electron chi connectivity index (χ3n) is 5.13. The Morgan fingerprint density at radius 1 is 1.29 bits per heavy atom. The van der Waals surface area contributed by atoms with Gasteiger partial charge >= 0.3 is 0 Å². The van der Waals surface area contributed by atoms with E-state index in [-0.39, 0.29) is 11.5 Å². The van der Waals surface area contributed by atoms with Crippen molar-refractivity contribution in [3.63, 3.8) is 0 Å². The lowest BCUT2D eigenvalue weighted by atomic mass is 9.88. The van der Waals surface area contributed by atoms with E-state index in [1.165, 1.54) is 0 Å². The summed E-state index contributed by atoms with van der Waals surface area (Å²) in [5, 5.41) is 13.7. The Bertz CT molecular complexity index is 729. The van der Waals surface area contributed by atoms with Gasteiger partial charge in [-0.05, 0) is 31.9 Å². The Kier molecular flexibility index (Phi) is 5.67. The van der Waals surface area contributed by atoms with E-state index in [4.69, 9.17) is 0 Å². The van der Waals surface area contributed by atoms with Crippen molar-refractivity contribution < 1.29 is 5.11 Å². The molecule has 5 nitrogen and oxygen atoms in total. The molecule has 0 saturated heterocycles. The predicted octanol–water partition coefficient (Wildman–Crippen LogP) is 2.37. The largest absolute Gasteiger partial charge is 0.389 e. The van der Waals surface area contributed by atoms with Gasteiger partial charge in [-0.2, -0.15) is 0 Å². The molecule has 5 heteroatoms. The maximum atomic E-state index is 12.8. The summed E-state index contributed by atoms with van der Waals surface area (Å²) in [6.07, 6.45) is 0.917. The van der Waals surface area contributed by atoms with Crippen LogP contribution in [0.1, 0.15) is 38.4 Å². The lowest BCUT2D eigenvalue weighted by Crippen LogP contribution is -2.43. The molecule has 2 atom stereocenters. The summed E-state index contributed by atoms with van der Waals surface area (Å²) in [5.41, 5.74) is 1.72. The van der Waals surface area contributed by atoms with Gasteiger partial charge in [0.25, 0.3) is 5.56 Å². The molecular formula is C19H29N3O2. The van der Waals surface area contributed by atoms with Gasteiger partial charge < -0.3 is 10.4 Å². The van der Waals surface area contributed by atoms with Crippen molar-refractivity contribution in [1.29, 1.82) is 0 Å². The quantitative estimate of drug-likeness (QED) is 0.819. The molecule has 132 valence electrons. The molecule has 1 heterocycles. The second kappa shape index (κ2) is 7.36. The van der Waals surface area contributed by atoms with E-state index >= 15 is 0 Å². The molecule has 0 saturated carbocycles. The first-order chi connectivity index (χ1) is 11.3. The van der Waals surface area contributed by atoms with Crippen molar-refractivity contribution in [3.05, 3.63) is 51.9 Å². The maximum absolute atomic E-state index is 12.8. The highest BCUT2D eigenvalue weighted by molar-refractivity contribution is 5.33. The summed E-state index contributed by atoms with van der Waals surface area (Å²) in [5.74, 6) is 0.197. The topological polar surface area (TPSA) is 59.2 Å². The van der Waals surface area contributed by atoms with Gasteiger partial charge in [-0.1, -0.05) is 38.5 Å². The Morgan fingerprint density at radius 3 is 2.50 bits per heavy atom. The standard InChI is InChI=1S/C19H29N3O2/c1-6-14(2)19(4,24)13-20-12-17-15(3)21(5)22(18(17)23)16-10-8-7-9-11-16/h7-11,14,20,24H,6,12-13H2,1-5H3. The zero-order valence-corrected chi connectivity index (χ0v) is 15.3. The minimum absolute atomic E-state index is 0.0168. The molecule has 2 unspecified atom stereocenters. The zero-order valence-electron chi connectivity index (χ0n) is 15.3. The van der Waals surface area contributed by atoms with Crippen molar-refractivity contribution in [2.45, 2.75) is 46.3 Å². The number of aliphatic hydroxyl groups is 1. The van der Waals surface area contributed by atoms with Crippen LogP contribution in [-0.4, -0.2) is 26.6 Å². The van der Waals surface area contributed by atoms with Gasteiger partial charge in [0.2, 0.25) is 0 Å². The first-order valence-corrected chi connectivity index (χ1v) is 8.55. The van der Waals surface area contributed by atoms with Crippen molar-refractivity contribution in [2.24, 2.45) is 13.0 Å². The highest BCUT2D eigenvalue weighted by Gasteiger charge is 2.26. The molecule has 1 aromatic heterocycles. The minimum Gasteiger partial charge on any atom is -0.389 e. The van der Waals surface area contributed by atoms with Crippen LogP contribution < -0.4 is 10.9 Å². The van der Waals surface area contributed by atoms with Crippen molar-refractivity contribution in [2.75, 3.05) is 6.54 Å². The lowest BCUT2D eigenvalue weighted by molar-refractivity contribution is 0.00532. The molecule has 2 N–H and O–H groups in total. The van der Waals surface area contributed by atoms with E-state index in [2.05, 4.69) is 12.2 Å². The zero-order chi connectivity index (χ0) is 17.9. The van der Waals surface area contributed by atoms with Gasteiger partial charge in [0.05, 0.1) is 16.9 Å². The molecular weight excluding hydrogens is 302 g/mol. The lowest BCUT2D eigenvalue weighted by Gasteiger charge is -2.29. The molecule has 0 aliphatic rings. The summed E-state index contributed by atoms with van der Waals surface area (Å²) >= 11 is 0. The molecule has 0 amide bonds. The third kappa shape index (κ3) is 3.62. The molecule has 0 aliphatic carbocycles. The molecule has 0 fully saturated rings. The summed E-state index contributed by atoms with van der Waals surface area (Å²) in [6, 6.07) is 9.62. The van der Waals surface area contributed by atoms with Gasteiger partial charge in [-0.15, -0.1) is 0 Å². The Balaban J connectivity index is 2.20. The van der Waals surface area contributed by atoms with Crippen LogP contribution in [0.3, 0.4) is 0 Å². The molecule has 0 spiro atoms. The Hall–Kier alpha value is -1.85. The first kappa shape index (κ1) is 18.5. The molecule has 0 radical (unpaired) electrons. The fourth-order valence-electron chi connectivity index (χ4n) is 2.88. The van der Waals surface area contributed by atoms with Crippen molar-refractivity contribution in [1.82, 2.24) is 14.7 Å². The monoisotopic (exact) mass is 331 g/mol. The maximum Gasteiger partial charge on any atom is 0.276 e. The minimum atomic E-state index is -0.782. The van der Waals surface area contributed by atoms with Gasteiger partial charge in [0, 0.05) is 25.8 Å². The molecule has 2 rings (SSSR count). The molecule has 0 bridgehead atoms. The van der Waals surface area contributed by atoms with Gasteiger partial charge in [0.15, 0.2) is 0 Å².